The average molecular weight is 336 g/mol. The molecule has 0 aromatic heterocycles. The predicted octanol–water partition coefficient (Wildman–Crippen LogP) is 5.06. The first-order valence-corrected chi connectivity index (χ1v) is 7.67. The van der Waals surface area contributed by atoms with Gasteiger partial charge >= 0.3 is 0 Å². The van der Waals surface area contributed by atoms with Crippen LogP contribution in [-0.2, 0) is 5.33 Å². The number of alkyl halides is 1. The van der Waals surface area contributed by atoms with Gasteiger partial charge in [-0.15, -0.1) is 0 Å². The molecule has 4 heteroatoms. The summed E-state index contributed by atoms with van der Waals surface area (Å²) in [6, 6.07) is 3.85. The predicted molar refractivity (Wildman–Crippen MR) is 80.2 cm³/mol. The standard InChI is InChI=1S/C14H20BrClO2/c1-4-5-10(2)9-18-14-12(16)6-11(8-15)7-13(14)17-3/h6-7,10H,4-5,8-9H2,1-3H3. The van der Waals surface area contributed by atoms with E-state index >= 15 is 0 Å². The maximum absolute atomic E-state index is 6.23. The van der Waals surface area contributed by atoms with Crippen LogP contribution in [0.5, 0.6) is 11.5 Å². The fourth-order valence-electron chi connectivity index (χ4n) is 1.79. The van der Waals surface area contributed by atoms with Crippen molar-refractivity contribution in [3.05, 3.63) is 22.7 Å². The Balaban J connectivity index is 2.81. The fourth-order valence-corrected chi connectivity index (χ4v) is 2.40. The van der Waals surface area contributed by atoms with Crippen LogP contribution in [-0.4, -0.2) is 13.7 Å². The van der Waals surface area contributed by atoms with Crippen LogP contribution in [0.4, 0.5) is 0 Å². The second kappa shape index (κ2) is 7.90. The quantitative estimate of drug-likeness (QED) is 0.648. The Morgan fingerprint density at radius 1 is 1.39 bits per heavy atom. The minimum Gasteiger partial charge on any atom is -0.493 e. The van der Waals surface area contributed by atoms with Crippen molar-refractivity contribution in [2.24, 2.45) is 5.92 Å². The van der Waals surface area contributed by atoms with E-state index in [1.807, 2.05) is 12.1 Å². The molecule has 0 radical (unpaired) electrons. The summed E-state index contributed by atoms with van der Waals surface area (Å²) in [7, 11) is 1.63. The number of ether oxygens (including phenoxy) is 2. The number of methoxy groups -OCH3 is 1. The van der Waals surface area contributed by atoms with Gasteiger partial charge in [-0.25, -0.2) is 0 Å². The van der Waals surface area contributed by atoms with Gasteiger partial charge in [0, 0.05) is 5.33 Å². The normalized spacial score (nSPS) is 12.3. The Bertz CT molecular complexity index is 382. The molecule has 18 heavy (non-hydrogen) atoms. The van der Waals surface area contributed by atoms with Gasteiger partial charge in [0.2, 0.25) is 0 Å². The summed E-state index contributed by atoms with van der Waals surface area (Å²) in [6.07, 6.45) is 2.32. The molecular formula is C14H20BrClO2. The van der Waals surface area contributed by atoms with Crippen LogP contribution in [0.2, 0.25) is 5.02 Å². The minimum atomic E-state index is 0.520. The topological polar surface area (TPSA) is 18.5 Å². The number of hydrogen-bond acceptors (Lipinski definition) is 2. The third kappa shape index (κ3) is 4.36. The van der Waals surface area contributed by atoms with Gasteiger partial charge in [0.25, 0.3) is 0 Å². The number of halogens is 2. The van der Waals surface area contributed by atoms with E-state index < -0.39 is 0 Å². The van der Waals surface area contributed by atoms with Gasteiger partial charge in [0.15, 0.2) is 11.5 Å². The van der Waals surface area contributed by atoms with Gasteiger partial charge in [-0.05, 0) is 30.0 Å². The summed E-state index contributed by atoms with van der Waals surface area (Å²) < 4.78 is 11.1. The lowest BCUT2D eigenvalue weighted by Gasteiger charge is -2.16. The molecule has 1 aromatic carbocycles. The Morgan fingerprint density at radius 3 is 2.67 bits per heavy atom. The molecule has 1 aromatic rings. The van der Waals surface area contributed by atoms with Crippen molar-refractivity contribution in [1.29, 1.82) is 0 Å². The molecule has 0 saturated carbocycles. The van der Waals surface area contributed by atoms with Crippen molar-refractivity contribution in [1.82, 2.24) is 0 Å². The largest absolute Gasteiger partial charge is 0.493 e. The van der Waals surface area contributed by atoms with Gasteiger partial charge in [0.05, 0.1) is 18.7 Å². The molecule has 102 valence electrons. The molecule has 1 unspecified atom stereocenters. The fraction of sp³-hybridized carbons (Fsp3) is 0.571. The highest BCUT2D eigenvalue weighted by Crippen LogP contribution is 2.37. The first-order chi connectivity index (χ1) is 8.62. The molecule has 0 N–H and O–H groups in total. The first kappa shape index (κ1) is 15.6. The van der Waals surface area contributed by atoms with E-state index in [1.165, 1.54) is 0 Å². The van der Waals surface area contributed by atoms with Crippen LogP contribution in [0, 0.1) is 5.92 Å². The van der Waals surface area contributed by atoms with Crippen LogP contribution >= 0.6 is 27.5 Å². The molecule has 0 bridgehead atoms. The second-order valence-electron chi connectivity index (χ2n) is 4.45. The van der Waals surface area contributed by atoms with Gasteiger partial charge in [-0.1, -0.05) is 47.8 Å². The van der Waals surface area contributed by atoms with Gasteiger partial charge < -0.3 is 9.47 Å². The zero-order chi connectivity index (χ0) is 13.5. The van der Waals surface area contributed by atoms with Gasteiger partial charge in [-0.3, -0.25) is 0 Å². The molecule has 0 heterocycles. The van der Waals surface area contributed by atoms with Crippen molar-refractivity contribution >= 4 is 27.5 Å². The van der Waals surface area contributed by atoms with Gasteiger partial charge in [0.1, 0.15) is 0 Å². The molecular weight excluding hydrogens is 316 g/mol. The summed E-state index contributed by atoms with van der Waals surface area (Å²) in [5.74, 6) is 1.86. The van der Waals surface area contributed by atoms with Crippen LogP contribution in [0.1, 0.15) is 32.3 Å². The summed E-state index contributed by atoms with van der Waals surface area (Å²) >= 11 is 9.63. The highest BCUT2D eigenvalue weighted by atomic mass is 79.9. The monoisotopic (exact) mass is 334 g/mol. The Kier molecular flexibility index (Phi) is 6.87. The zero-order valence-corrected chi connectivity index (χ0v) is 13.5. The van der Waals surface area contributed by atoms with E-state index in [0.29, 0.717) is 29.0 Å². The smallest absolute Gasteiger partial charge is 0.179 e. The molecule has 0 amide bonds. The Hall–Kier alpha value is -0.410. The first-order valence-electron chi connectivity index (χ1n) is 6.17. The van der Waals surface area contributed by atoms with Gasteiger partial charge in [-0.2, -0.15) is 0 Å². The number of benzene rings is 1. The number of hydrogen-bond donors (Lipinski definition) is 0. The molecule has 0 aliphatic rings. The third-order valence-electron chi connectivity index (χ3n) is 2.74. The van der Waals surface area contributed by atoms with Crippen LogP contribution in [0.3, 0.4) is 0 Å². The highest BCUT2D eigenvalue weighted by molar-refractivity contribution is 9.08. The van der Waals surface area contributed by atoms with E-state index in [1.54, 1.807) is 7.11 Å². The van der Waals surface area contributed by atoms with Crippen molar-refractivity contribution in [2.45, 2.75) is 32.0 Å². The van der Waals surface area contributed by atoms with E-state index in [4.69, 9.17) is 21.1 Å². The average Bonchev–Trinajstić information content (AvgIpc) is 2.36. The molecule has 0 spiro atoms. The third-order valence-corrected chi connectivity index (χ3v) is 3.67. The summed E-state index contributed by atoms with van der Waals surface area (Å²) in [5, 5.41) is 1.35. The highest BCUT2D eigenvalue weighted by Gasteiger charge is 2.13. The molecule has 0 aliphatic carbocycles. The SMILES string of the molecule is CCCC(C)COc1c(Cl)cc(CBr)cc1OC. The maximum atomic E-state index is 6.23. The van der Waals surface area contributed by atoms with Crippen LogP contribution in [0.25, 0.3) is 0 Å². The summed E-state index contributed by atoms with van der Waals surface area (Å²) in [4.78, 5) is 0. The van der Waals surface area contributed by atoms with Crippen molar-refractivity contribution in [3.8, 4) is 11.5 Å². The Labute approximate surface area is 123 Å². The molecule has 2 nitrogen and oxygen atoms in total. The maximum Gasteiger partial charge on any atom is 0.179 e. The van der Waals surface area contributed by atoms with E-state index in [-0.39, 0.29) is 0 Å². The van der Waals surface area contributed by atoms with E-state index in [9.17, 15) is 0 Å². The molecule has 0 fully saturated rings. The zero-order valence-electron chi connectivity index (χ0n) is 11.1. The summed E-state index contributed by atoms with van der Waals surface area (Å²) in [5.41, 5.74) is 1.07. The summed E-state index contributed by atoms with van der Waals surface area (Å²) in [6.45, 7) is 5.02. The molecule has 0 saturated heterocycles. The van der Waals surface area contributed by atoms with E-state index in [2.05, 4.69) is 29.8 Å². The molecule has 0 aliphatic heterocycles. The number of rotatable bonds is 7. The lowest BCUT2D eigenvalue weighted by atomic mass is 10.1. The molecule has 1 atom stereocenters. The van der Waals surface area contributed by atoms with Crippen molar-refractivity contribution < 1.29 is 9.47 Å². The lowest BCUT2D eigenvalue weighted by molar-refractivity contribution is 0.240. The lowest BCUT2D eigenvalue weighted by Crippen LogP contribution is -2.09. The van der Waals surface area contributed by atoms with E-state index in [0.717, 1.165) is 23.7 Å². The molecule has 1 rings (SSSR count). The van der Waals surface area contributed by atoms with Crippen LogP contribution in [0.15, 0.2) is 12.1 Å². The van der Waals surface area contributed by atoms with Crippen LogP contribution < -0.4 is 9.47 Å². The Morgan fingerprint density at radius 2 is 2.11 bits per heavy atom. The van der Waals surface area contributed by atoms with Crippen molar-refractivity contribution in [2.75, 3.05) is 13.7 Å². The van der Waals surface area contributed by atoms with Crippen molar-refractivity contribution in [3.63, 3.8) is 0 Å². The minimum absolute atomic E-state index is 0.520. The second-order valence-corrected chi connectivity index (χ2v) is 5.42.